The van der Waals surface area contributed by atoms with Crippen molar-refractivity contribution in [2.75, 3.05) is 5.32 Å². The number of amides is 3. The number of benzene rings is 2. The average molecular weight is 538 g/mol. The van der Waals surface area contributed by atoms with Gasteiger partial charge in [-0.2, -0.15) is 0 Å². The van der Waals surface area contributed by atoms with E-state index in [0.29, 0.717) is 18.5 Å². The van der Waals surface area contributed by atoms with Gasteiger partial charge in [0.2, 0.25) is 5.91 Å². The molecule has 0 bridgehead atoms. The van der Waals surface area contributed by atoms with Gasteiger partial charge in [-0.3, -0.25) is 9.59 Å². The van der Waals surface area contributed by atoms with Crippen LogP contribution in [0, 0.1) is 26.7 Å². The molecule has 7 nitrogen and oxygen atoms in total. The van der Waals surface area contributed by atoms with Crippen LogP contribution in [-0.2, 0) is 14.3 Å². The van der Waals surface area contributed by atoms with Crippen molar-refractivity contribution in [1.82, 2.24) is 10.2 Å². The lowest BCUT2D eigenvalue weighted by molar-refractivity contribution is -0.144. The highest BCUT2D eigenvalue weighted by atomic mass is 16.6. The maximum Gasteiger partial charge on any atom is 0.408 e. The molecule has 0 aliphatic carbocycles. The van der Waals surface area contributed by atoms with E-state index in [4.69, 9.17) is 4.74 Å². The molecule has 7 heteroatoms. The second-order valence-corrected chi connectivity index (χ2v) is 11.5. The van der Waals surface area contributed by atoms with Gasteiger partial charge in [0.15, 0.2) is 0 Å². The highest BCUT2D eigenvalue weighted by molar-refractivity contribution is 5.99. The number of nitrogens with zero attached hydrogens (tertiary/aromatic N) is 1. The zero-order valence-electron chi connectivity index (χ0n) is 25.3. The summed E-state index contributed by atoms with van der Waals surface area (Å²) in [5.74, 6) is -0.794. The van der Waals surface area contributed by atoms with Crippen LogP contribution in [0.15, 0.2) is 42.5 Å². The van der Waals surface area contributed by atoms with E-state index in [0.717, 1.165) is 22.3 Å². The minimum atomic E-state index is -0.904. The summed E-state index contributed by atoms with van der Waals surface area (Å²) in [5.41, 5.74) is 3.65. The maximum atomic E-state index is 14.5. The number of rotatable bonds is 10. The van der Waals surface area contributed by atoms with Crippen molar-refractivity contribution >= 4 is 23.6 Å². The minimum Gasteiger partial charge on any atom is -0.444 e. The van der Waals surface area contributed by atoms with Gasteiger partial charge < -0.3 is 20.3 Å². The number of carbonyl (C=O) groups is 3. The van der Waals surface area contributed by atoms with E-state index < -0.39 is 23.8 Å². The fourth-order valence-electron chi connectivity index (χ4n) is 4.48. The number of para-hydroxylation sites is 1. The van der Waals surface area contributed by atoms with Crippen LogP contribution in [0.5, 0.6) is 0 Å². The molecule has 2 N–H and O–H groups in total. The average Bonchev–Trinajstić information content (AvgIpc) is 2.86. The first kappa shape index (κ1) is 31.9. The van der Waals surface area contributed by atoms with E-state index in [-0.39, 0.29) is 23.8 Å². The summed E-state index contributed by atoms with van der Waals surface area (Å²) < 4.78 is 5.50. The van der Waals surface area contributed by atoms with Gasteiger partial charge in [-0.25, -0.2) is 4.79 Å². The van der Waals surface area contributed by atoms with Gasteiger partial charge in [0.1, 0.15) is 17.7 Å². The van der Waals surface area contributed by atoms with Crippen LogP contribution in [0.25, 0.3) is 0 Å². The fourth-order valence-corrected chi connectivity index (χ4v) is 4.48. The molecule has 2 rings (SSSR count). The zero-order valence-corrected chi connectivity index (χ0v) is 25.3. The number of nitrogens with one attached hydrogen (secondary N) is 2. The van der Waals surface area contributed by atoms with Gasteiger partial charge in [0.05, 0.1) is 0 Å². The second kappa shape index (κ2) is 13.6. The van der Waals surface area contributed by atoms with Gasteiger partial charge >= 0.3 is 6.09 Å². The molecule has 4 unspecified atom stereocenters. The lowest BCUT2D eigenvalue weighted by Gasteiger charge is -2.40. The third kappa shape index (κ3) is 8.32. The molecule has 2 aromatic carbocycles. The zero-order chi connectivity index (χ0) is 29.5. The SMILES string of the molecule is CCC(C)C(NC(=O)OC(C)(C)C)C(=O)N(C(C)CC)C(C(=O)Nc1ccccc1C)c1cccc(C)c1C. The normalized spacial score (nSPS) is 14.5. The Kier molecular flexibility index (Phi) is 11.1. The highest BCUT2D eigenvalue weighted by Gasteiger charge is 2.40. The Morgan fingerprint density at radius 1 is 0.897 bits per heavy atom. The molecule has 0 saturated heterocycles. The predicted molar refractivity (Wildman–Crippen MR) is 158 cm³/mol. The predicted octanol–water partition coefficient (Wildman–Crippen LogP) is 6.86. The smallest absolute Gasteiger partial charge is 0.408 e. The van der Waals surface area contributed by atoms with Crippen LogP contribution in [0.1, 0.15) is 89.6 Å². The number of anilines is 1. The third-order valence-electron chi connectivity index (χ3n) is 7.34. The largest absolute Gasteiger partial charge is 0.444 e. The van der Waals surface area contributed by atoms with Gasteiger partial charge in [0.25, 0.3) is 5.91 Å². The fraction of sp³-hybridized carbons (Fsp3) is 0.531. The number of aryl methyl sites for hydroxylation is 2. The number of hydrogen-bond donors (Lipinski definition) is 2. The summed E-state index contributed by atoms with van der Waals surface area (Å²) in [7, 11) is 0. The number of carbonyl (C=O) groups excluding carboxylic acids is 3. The molecule has 0 radical (unpaired) electrons. The van der Waals surface area contributed by atoms with Crippen LogP contribution in [0.3, 0.4) is 0 Å². The maximum absolute atomic E-state index is 14.5. The molecule has 0 spiro atoms. The molecular formula is C32H47N3O4. The first-order chi connectivity index (χ1) is 18.2. The Balaban J connectivity index is 2.66. The van der Waals surface area contributed by atoms with Crippen LogP contribution in [-0.4, -0.2) is 40.5 Å². The van der Waals surface area contributed by atoms with Crippen LogP contribution < -0.4 is 10.6 Å². The number of hydrogen-bond acceptors (Lipinski definition) is 4. The van der Waals surface area contributed by atoms with E-state index in [1.54, 1.807) is 25.7 Å². The Bertz CT molecular complexity index is 1150. The van der Waals surface area contributed by atoms with Crippen LogP contribution in [0.4, 0.5) is 10.5 Å². The quantitative estimate of drug-likeness (QED) is 0.347. The topological polar surface area (TPSA) is 87.7 Å². The van der Waals surface area contributed by atoms with Gasteiger partial charge in [-0.1, -0.05) is 63.6 Å². The highest BCUT2D eigenvalue weighted by Crippen LogP contribution is 2.32. The monoisotopic (exact) mass is 537 g/mol. The molecular weight excluding hydrogens is 490 g/mol. The number of ether oxygens (including phenoxy) is 1. The van der Waals surface area contributed by atoms with Crippen LogP contribution >= 0.6 is 0 Å². The third-order valence-corrected chi connectivity index (χ3v) is 7.34. The second-order valence-electron chi connectivity index (χ2n) is 11.5. The van der Waals surface area contributed by atoms with Crippen molar-refractivity contribution < 1.29 is 19.1 Å². The molecule has 0 saturated carbocycles. The minimum absolute atomic E-state index is 0.185. The Labute approximate surface area is 234 Å². The Morgan fingerprint density at radius 2 is 1.51 bits per heavy atom. The Hall–Kier alpha value is -3.35. The van der Waals surface area contributed by atoms with Gasteiger partial charge in [-0.15, -0.1) is 0 Å². The molecule has 214 valence electrons. The van der Waals surface area contributed by atoms with Crippen molar-refractivity contribution in [1.29, 1.82) is 0 Å². The van der Waals surface area contributed by atoms with Crippen molar-refractivity contribution in [3.63, 3.8) is 0 Å². The molecule has 0 aromatic heterocycles. The standard InChI is InChI=1S/C32H47N3O4/c1-11-20(3)27(34-31(38)39-32(8,9)10)30(37)35(23(6)12-2)28(25-18-15-17-21(4)24(25)7)29(36)33-26-19-14-13-16-22(26)5/h13-20,23,27-28H,11-12H2,1-10H3,(H,33,36)(H,34,38). The molecule has 0 heterocycles. The summed E-state index contributed by atoms with van der Waals surface area (Å²) in [6.45, 7) is 19.1. The first-order valence-corrected chi connectivity index (χ1v) is 14.0. The summed E-state index contributed by atoms with van der Waals surface area (Å²) in [4.78, 5) is 43.1. The lowest BCUT2D eigenvalue weighted by Crippen LogP contribution is -2.57. The molecule has 3 amide bonds. The molecule has 39 heavy (non-hydrogen) atoms. The van der Waals surface area contributed by atoms with Crippen molar-refractivity contribution in [2.24, 2.45) is 5.92 Å². The van der Waals surface area contributed by atoms with Crippen molar-refractivity contribution in [3.8, 4) is 0 Å². The van der Waals surface area contributed by atoms with Gasteiger partial charge in [-0.05, 0) is 89.1 Å². The number of alkyl carbamates (subject to hydrolysis) is 1. The van der Waals surface area contributed by atoms with E-state index >= 15 is 0 Å². The van der Waals surface area contributed by atoms with Crippen LogP contribution in [0.2, 0.25) is 0 Å². The van der Waals surface area contributed by atoms with E-state index in [1.807, 2.05) is 90.9 Å². The Morgan fingerprint density at radius 3 is 2.08 bits per heavy atom. The summed E-state index contributed by atoms with van der Waals surface area (Å²) in [5, 5.41) is 5.91. The molecule has 4 atom stereocenters. The first-order valence-electron chi connectivity index (χ1n) is 14.0. The van der Waals surface area contributed by atoms with E-state index in [2.05, 4.69) is 10.6 Å². The van der Waals surface area contributed by atoms with Gasteiger partial charge in [0, 0.05) is 11.7 Å². The summed E-state index contributed by atoms with van der Waals surface area (Å²) >= 11 is 0. The molecule has 0 aliphatic heterocycles. The summed E-state index contributed by atoms with van der Waals surface area (Å²) in [6, 6.07) is 11.4. The van der Waals surface area contributed by atoms with Crippen molar-refractivity contribution in [3.05, 3.63) is 64.7 Å². The molecule has 2 aromatic rings. The molecule has 0 aliphatic rings. The lowest BCUT2D eigenvalue weighted by atomic mass is 9.91. The van der Waals surface area contributed by atoms with E-state index in [9.17, 15) is 14.4 Å². The summed E-state index contributed by atoms with van der Waals surface area (Å²) in [6.07, 6.45) is 0.631. The van der Waals surface area contributed by atoms with Crippen molar-refractivity contribution in [2.45, 2.75) is 106 Å². The van der Waals surface area contributed by atoms with E-state index in [1.165, 1.54) is 0 Å². The molecule has 0 fully saturated rings.